The van der Waals surface area contributed by atoms with E-state index in [0.717, 1.165) is 54.1 Å². The van der Waals surface area contributed by atoms with E-state index in [1.807, 2.05) is 26.0 Å². The number of nitrogens with zero attached hydrogens (tertiary/aromatic N) is 1. The van der Waals surface area contributed by atoms with Crippen LogP contribution in [0.1, 0.15) is 53.4 Å². The van der Waals surface area contributed by atoms with E-state index in [0.29, 0.717) is 12.8 Å². The third-order valence-corrected chi connectivity index (χ3v) is 5.95. The standard InChI is InChI=1S/C21H27N3O3/c1-12-13(2)23-24-18(12)4-6-20(26)22-21(16-10-17(25)11-16)15-3-5-19-14(9-15)7-8-27-19/h3,5,9,16-17,21,25H,4,6-8,10-11H2,1-2H3,(H,22,26)(H,23,24)/t16?,17?,21-/m1/s1. The number of hydrogen-bond donors (Lipinski definition) is 3. The fourth-order valence-electron chi connectivity index (χ4n) is 4.03. The molecule has 2 heterocycles. The van der Waals surface area contributed by atoms with Gasteiger partial charge >= 0.3 is 0 Å². The number of aromatic amines is 1. The molecule has 1 atom stereocenters. The molecule has 1 aliphatic carbocycles. The van der Waals surface area contributed by atoms with Gasteiger partial charge in [0.1, 0.15) is 5.75 Å². The number of fused-ring (bicyclic) bond motifs is 1. The minimum Gasteiger partial charge on any atom is -0.493 e. The summed E-state index contributed by atoms with van der Waals surface area (Å²) >= 11 is 0. The van der Waals surface area contributed by atoms with Crippen LogP contribution in [0.4, 0.5) is 0 Å². The first-order valence-electron chi connectivity index (χ1n) is 9.74. The van der Waals surface area contributed by atoms with Crippen LogP contribution in [-0.4, -0.2) is 33.9 Å². The number of aliphatic hydroxyl groups excluding tert-OH is 1. The van der Waals surface area contributed by atoms with Crippen molar-refractivity contribution in [2.24, 2.45) is 5.92 Å². The van der Waals surface area contributed by atoms with Crippen LogP contribution >= 0.6 is 0 Å². The van der Waals surface area contributed by atoms with Crippen molar-refractivity contribution < 1.29 is 14.6 Å². The van der Waals surface area contributed by atoms with E-state index in [1.165, 1.54) is 5.56 Å². The number of aliphatic hydroxyl groups is 1. The van der Waals surface area contributed by atoms with Crippen LogP contribution in [0.3, 0.4) is 0 Å². The molecular formula is C21H27N3O3. The molecule has 6 heteroatoms. The second-order valence-electron chi connectivity index (χ2n) is 7.82. The Labute approximate surface area is 159 Å². The molecule has 0 radical (unpaired) electrons. The van der Waals surface area contributed by atoms with Gasteiger partial charge in [0, 0.05) is 25.0 Å². The summed E-state index contributed by atoms with van der Waals surface area (Å²) in [7, 11) is 0. The number of hydrogen-bond acceptors (Lipinski definition) is 4. The molecule has 0 spiro atoms. The van der Waals surface area contributed by atoms with Crippen molar-refractivity contribution in [2.75, 3.05) is 6.61 Å². The SMILES string of the molecule is Cc1[nH]nc(CCC(=O)N[C@H](c2ccc3c(c2)CCO3)C2CC(O)C2)c1C. The molecule has 0 saturated heterocycles. The summed E-state index contributed by atoms with van der Waals surface area (Å²) in [5, 5.41) is 20.2. The molecule has 2 aromatic rings. The zero-order valence-electron chi connectivity index (χ0n) is 15.9. The summed E-state index contributed by atoms with van der Waals surface area (Å²) in [6.45, 7) is 4.74. The largest absolute Gasteiger partial charge is 0.493 e. The van der Waals surface area contributed by atoms with Crippen molar-refractivity contribution in [3.63, 3.8) is 0 Å². The normalized spacial score (nSPS) is 21.9. The highest BCUT2D eigenvalue weighted by Gasteiger charge is 2.36. The Morgan fingerprint density at radius 2 is 2.22 bits per heavy atom. The highest BCUT2D eigenvalue weighted by molar-refractivity contribution is 5.76. The number of aryl methyl sites for hydroxylation is 2. The number of nitrogens with one attached hydrogen (secondary N) is 2. The summed E-state index contributed by atoms with van der Waals surface area (Å²) in [6, 6.07) is 6.14. The number of ether oxygens (including phenoxy) is 1. The molecule has 1 amide bonds. The van der Waals surface area contributed by atoms with E-state index in [4.69, 9.17) is 4.74 Å². The number of aromatic nitrogens is 2. The summed E-state index contributed by atoms with van der Waals surface area (Å²) in [5.41, 5.74) is 5.44. The molecule has 0 unspecified atom stereocenters. The van der Waals surface area contributed by atoms with Crippen molar-refractivity contribution in [3.8, 4) is 5.75 Å². The van der Waals surface area contributed by atoms with Gasteiger partial charge < -0.3 is 15.2 Å². The second kappa shape index (κ2) is 7.35. The highest BCUT2D eigenvalue weighted by atomic mass is 16.5. The van der Waals surface area contributed by atoms with E-state index < -0.39 is 0 Å². The fraction of sp³-hybridized carbons (Fsp3) is 0.524. The fourth-order valence-corrected chi connectivity index (χ4v) is 4.03. The van der Waals surface area contributed by atoms with E-state index >= 15 is 0 Å². The van der Waals surface area contributed by atoms with Crippen molar-refractivity contribution in [3.05, 3.63) is 46.3 Å². The summed E-state index contributed by atoms with van der Waals surface area (Å²) < 4.78 is 5.60. The van der Waals surface area contributed by atoms with E-state index in [1.54, 1.807) is 0 Å². The van der Waals surface area contributed by atoms with Crippen LogP contribution in [0.2, 0.25) is 0 Å². The number of H-pyrrole nitrogens is 1. The first-order chi connectivity index (χ1) is 13.0. The van der Waals surface area contributed by atoms with Gasteiger partial charge in [0.2, 0.25) is 5.91 Å². The number of amides is 1. The number of benzene rings is 1. The van der Waals surface area contributed by atoms with Gasteiger partial charge in [-0.2, -0.15) is 5.10 Å². The van der Waals surface area contributed by atoms with Crippen LogP contribution in [0, 0.1) is 19.8 Å². The molecule has 1 saturated carbocycles. The van der Waals surface area contributed by atoms with E-state index in [-0.39, 0.29) is 24.0 Å². The van der Waals surface area contributed by atoms with Crippen LogP contribution in [0.15, 0.2) is 18.2 Å². The van der Waals surface area contributed by atoms with Gasteiger partial charge in [0.05, 0.1) is 24.4 Å². The van der Waals surface area contributed by atoms with Gasteiger partial charge in [-0.1, -0.05) is 6.07 Å². The lowest BCUT2D eigenvalue weighted by atomic mass is 9.74. The van der Waals surface area contributed by atoms with Crippen molar-refractivity contribution in [2.45, 2.75) is 58.1 Å². The Morgan fingerprint density at radius 1 is 1.41 bits per heavy atom. The van der Waals surface area contributed by atoms with Crippen molar-refractivity contribution in [1.29, 1.82) is 0 Å². The molecule has 27 heavy (non-hydrogen) atoms. The number of carbonyl (C=O) groups is 1. The number of rotatable bonds is 6. The molecule has 0 bridgehead atoms. The molecule has 6 nitrogen and oxygen atoms in total. The first-order valence-corrected chi connectivity index (χ1v) is 9.74. The Balaban J connectivity index is 1.44. The minimum absolute atomic E-state index is 0.0261. The maximum atomic E-state index is 12.6. The van der Waals surface area contributed by atoms with Crippen LogP contribution < -0.4 is 10.1 Å². The van der Waals surface area contributed by atoms with Gasteiger partial charge in [0.25, 0.3) is 0 Å². The molecule has 3 N–H and O–H groups in total. The molecular weight excluding hydrogens is 342 g/mol. The Kier molecular flexibility index (Phi) is 4.91. The quantitative estimate of drug-likeness (QED) is 0.730. The van der Waals surface area contributed by atoms with Crippen LogP contribution in [0.5, 0.6) is 5.75 Å². The predicted molar refractivity (Wildman–Crippen MR) is 102 cm³/mol. The Bertz CT molecular complexity index is 839. The van der Waals surface area contributed by atoms with Gasteiger partial charge in [-0.15, -0.1) is 0 Å². The minimum atomic E-state index is -0.248. The number of carbonyl (C=O) groups excluding carboxylic acids is 1. The molecule has 4 rings (SSSR count). The Morgan fingerprint density at radius 3 is 2.93 bits per heavy atom. The van der Waals surface area contributed by atoms with Gasteiger partial charge in [0.15, 0.2) is 0 Å². The average molecular weight is 369 g/mol. The Hall–Kier alpha value is -2.34. The molecule has 2 aliphatic rings. The summed E-state index contributed by atoms with van der Waals surface area (Å²) in [5.74, 6) is 1.25. The molecule has 144 valence electrons. The molecule has 1 aromatic heterocycles. The van der Waals surface area contributed by atoms with Crippen LogP contribution in [-0.2, 0) is 17.6 Å². The lowest BCUT2D eigenvalue weighted by molar-refractivity contribution is -0.123. The third kappa shape index (κ3) is 3.72. The highest BCUT2D eigenvalue weighted by Crippen LogP contribution is 2.39. The maximum Gasteiger partial charge on any atom is 0.220 e. The maximum absolute atomic E-state index is 12.6. The third-order valence-electron chi connectivity index (χ3n) is 5.95. The van der Waals surface area contributed by atoms with Crippen LogP contribution in [0.25, 0.3) is 0 Å². The second-order valence-corrected chi connectivity index (χ2v) is 7.82. The van der Waals surface area contributed by atoms with E-state index in [9.17, 15) is 9.90 Å². The summed E-state index contributed by atoms with van der Waals surface area (Å²) in [4.78, 5) is 12.6. The average Bonchev–Trinajstić information content (AvgIpc) is 3.22. The first kappa shape index (κ1) is 18.0. The lowest BCUT2D eigenvalue weighted by Crippen LogP contribution is -2.41. The molecule has 1 aromatic carbocycles. The van der Waals surface area contributed by atoms with Gasteiger partial charge in [-0.3, -0.25) is 9.89 Å². The topological polar surface area (TPSA) is 87.2 Å². The van der Waals surface area contributed by atoms with Gasteiger partial charge in [-0.25, -0.2) is 0 Å². The summed E-state index contributed by atoms with van der Waals surface area (Å²) in [6.07, 6.45) is 3.16. The monoisotopic (exact) mass is 369 g/mol. The van der Waals surface area contributed by atoms with Gasteiger partial charge in [-0.05, 0) is 61.4 Å². The van der Waals surface area contributed by atoms with Crippen molar-refractivity contribution in [1.82, 2.24) is 15.5 Å². The van der Waals surface area contributed by atoms with Crippen molar-refractivity contribution >= 4 is 5.91 Å². The molecule has 1 fully saturated rings. The smallest absolute Gasteiger partial charge is 0.220 e. The van der Waals surface area contributed by atoms with E-state index in [2.05, 4.69) is 21.6 Å². The molecule has 1 aliphatic heterocycles. The zero-order valence-corrected chi connectivity index (χ0v) is 15.9. The zero-order chi connectivity index (χ0) is 19.0. The lowest BCUT2D eigenvalue weighted by Gasteiger charge is -2.38. The predicted octanol–water partition coefficient (Wildman–Crippen LogP) is 2.52.